The van der Waals surface area contributed by atoms with Gasteiger partial charge < -0.3 is 14.3 Å². The molecule has 0 saturated heterocycles. The summed E-state index contributed by atoms with van der Waals surface area (Å²) in [6.45, 7) is 0. The molecule has 5 nitrogen and oxygen atoms in total. The van der Waals surface area contributed by atoms with Crippen molar-refractivity contribution < 1.29 is 14.3 Å². The number of hydrogen-bond donors (Lipinski definition) is 1. The number of aromatic hydroxyl groups is 1. The topological polar surface area (TPSA) is 72.6 Å². The molecule has 106 valence electrons. The number of hydrogen-bond acceptors (Lipinski definition) is 5. The average Bonchev–Trinajstić information content (AvgIpc) is 2.48. The Labute approximate surface area is 127 Å². The van der Waals surface area contributed by atoms with Crippen LogP contribution in [0.5, 0.6) is 11.5 Å². The Kier molecular flexibility index (Phi) is 3.39. The maximum Gasteiger partial charge on any atom is 0.193 e. The van der Waals surface area contributed by atoms with Crippen LogP contribution in [0.4, 0.5) is 0 Å². The monoisotopic (exact) mass is 347 g/mol. The molecule has 0 saturated carbocycles. The van der Waals surface area contributed by atoms with Gasteiger partial charge in [0.15, 0.2) is 22.7 Å². The van der Waals surface area contributed by atoms with Gasteiger partial charge in [-0.05, 0) is 18.2 Å². The fraction of sp³-hybridized carbons (Fsp3) is 0.0667. The number of ether oxygens (including phenoxy) is 1. The van der Waals surface area contributed by atoms with Crippen molar-refractivity contribution in [2.45, 2.75) is 0 Å². The molecular formula is C15H10BrNO4. The standard InChI is InChI=1S/C15H10BrNO4/c1-20-15-5-10(17-7-12(15)19)14-6-11(18)9-4-8(16)2-3-13(9)21-14/h2-7,19H,1H3. The zero-order valence-corrected chi connectivity index (χ0v) is 12.5. The highest BCUT2D eigenvalue weighted by Gasteiger charge is 2.11. The predicted molar refractivity (Wildman–Crippen MR) is 81.6 cm³/mol. The van der Waals surface area contributed by atoms with Crippen LogP contribution in [0.3, 0.4) is 0 Å². The van der Waals surface area contributed by atoms with Crippen molar-refractivity contribution in [3.05, 3.63) is 51.2 Å². The van der Waals surface area contributed by atoms with Crippen LogP contribution < -0.4 is 10.2 Å². The number of pyridine rings is 1. The first kappa shape index (κ1) is 13.6. The minimum Gasteiger partial charge on any atom is -0.503 e. The van der Waals surface area contributed by atoms with Gasteiger partial charge in [-0.2, -0.15) is 0 Å². The Morgan fingerprint density at radius 1 is 1.29 bits per heavy atom. The first-order chi connectivity index (χ1) is 10.1. The van der Waals surface area contributed by atoms with E-state index in [1.54, 1.807) is 18.2 Å². The van der Waals surface area contributed by atoms with Gasteiger partial charge in [-0.25, -0.2) is 4.98 Å². The summed E-state index contributed by atoms with van der Waals surface area (Å²) in [5.41, 5.74) is 0.711. The maximum atomic E-state index is 12.2. The third-order valence-corrected chi connectivity index (χ3v) is 3.50. The molecule has 0 unspecified atom stereocenters. The van der Waals surface area contributed by atoms with Crippen molar-refractivity contribution in [3.63, 3.8) is 0 Å². The smallest absolute Gasteiger partial charge is 0.193 e. The van der Waals surface area contributed by atoms with Crippen LogP contribution in [-0.4, -0.2) is 17.2 Å². The fourth-order valence-electron chi connectivity index (χ4n) is 1.98. The predicted octanol–water partition coefficient (Wildman–Crippen LogP) is 3.33. The molecule has 0 radical (unpaired) electrons. The molecule has 0 aliphatic carbocycles. The van der Waals surface area contributed by atoms with Gasteiger partial charge in [0, 0.05) is 16.6 Å². The Morgan fingerprint density at radius 2 is 2.10 bits per heavy atom. The fourth-order valence-corrected chi connectivity index (χ4v) is 2.34. The summed E-state index contributed by atoms with van der Waals surface area (Å²) in [6, 6.07) is 8.09. The minimum absolute atomic E-state index is 0.0756. The first-order valence-corrected chi connectivity index (χ1v) is 6.84. The lowest BCUT2D eigenvalue weighted by molar-refractivity contribution is 0.372. The molecule has 0 aliphatic heterocycles. The number of rotatable bonds is 2. The van der Waals surface area contributed by atoms with Crippen molar-refractivity contribution in [2.24, 2.45) is 0 Å². The van der Waals surface area contributed by atoms with E-state index in [1.807, 2.05) is 0 Å². The van der Waals surface area contributed by atoms with Crippen LogP contribution in [0.1, 0.15) is 0 Å². The lowest BCUT2D eigenvalue weighted by Crippen LogP contribution is -2.01. The molecule has 6 heteroatoms. The van der Waals surface area contributed by atoms with Crippen LogP contribution in [-0.2, 0) is 0 Å². The summed E-state index contributed by atoms with van der Waals surface area (Å²) >= 11 is 3.32. The molecule has 3 aromatic rings. The van der Waals surface area contributed by atoms with Gasteiger partial charge in [-0.1, -0.05) is 15.9 Å². The van der Waals surface area contributed by atoms with E-state index in [-0.39, 0.29) is 16.9 Å². The van der Waals surface area contributed by atoms with E-state index in [2.05, 4.69) is 20.9 Å². The molecule has 0 spiro atoms. The summed E-state index contributed by atoms with van der Waals surface area (Å²) < 4.78 is 11.5. The molecule has 2 heterocycles. The summed E-state index contributed by atoms with van der Waals surface area (Å²) in [6.07, 6.45) is 1.25. The highest BCUT2D eigenvalue weighted by Crippen LogP contribution is 2.30. The largest absolute Gasteiger partial charge is 0.503 e. The van der Waals surface area contributed by atoms with Crippen molar-refractivity contribution >= 4 is 26.9 Å². The van der Waals surface area contributed by atoms with E-state index in [1.165, 1.54) is 25.4 Å². The third kappa shape index (κ3) is 2.50. The first-order valence-electron chi connectivity index (χ1n) is 6.05. The Bertz CT molecular complexity index is 888. The normalized spacial score (nSPS) is 10.8. The molecule has 2 aromatic heterocycles. The second-order valence-corrected chi connectivity index (χ2v) is 5.27. The van der Waals surface area contributed by atoms with Crippen LogP contribution in [0.2, 0.25) is 0 Å². The van der Waals surface area contributed by atoms with E-state index in [0.29, 0.717) is 22.4 Å². The lowest BCUT2D eigenvalue weighted by atomic mass is 10.2. The molecule has 0 bridgehead atoms. The molecule has 0 atom stereocenters. The number of aromatic nitrogens is 1. The minimum atomic E-state index is -0.165. The number of methoxy groups -OCH3 is 1. The third-order valence-electron chi connectivity index (χ3n) is 3.01. The summed E-state index contributed by atoms with van der Waals surface area (Å²) in [4.78, 5) is 16.2. The molecular weight excluding hydrogens is 338 g/mol. The van der Waals surface area contributed by atoms with E-state index < -0.39 is 0 Å². The lowest BCUT2D eigenvalue weighted by Gasteiger charge is -2.06. The number of fused-ring (bicyclic) bond motifs is 1. The quantitative estimate of drug-likeness (QED) is 0.769. The van der Waals surface area contributed by atoms with Crippen LogP contribution in [0.15, 0.2) is 50.2 Å². The average molecular weight is 348 g/mol. The second kappa shape index (κ2) is 5.21. The van der Waals surface area contributed by atoms with Gasteiger partial charge in [-0.15, -0.1) is 0 Å². The van der Waals surface area contributed by atoms with E-state index in [4.69, 9.17) is 9.15 Å². The van der Waals surface area contributed by atoms with Crippen molar-refractivity contribution in [3.8, 4) is 23.0 Å². The van der Waals surface area contributed by atoms with E-state index in [0.717, 1.165) is 4.47 Å². The molecule has 0 aliphatic rings. The zero-order valence-electron chi connectivity index (χ0n) is 11.0. The number of nitrogens with zero attached hydrogens (tertiary/aromatic N) is 1. The van der Waals surface area contributed by atoms with Gasteiger partial charge in [-0.3, -0.25) is 4.79 Å². The van der Waals surface area contributed by atoms with Crippen LogP contribution in [0.25, 0.3) is 22.4 Å². The molecule has 3 rings (SSSR count). The van der Waals surface area contributed by atoms with Gasteiger partial charge in [0.25, 0.3) is 0 Å². The SMILES string of the molecule is COc1cc(-c2cc(=O)c3cc(Br)ccc3o2)ncc1O. The summed E-state index contributed by atoms with van der Waals surface area (Å²) in [5.74, 6) is 0.500. The Morgan fingerprint density at radius 3 is 2.86 bits per heavy atom. The van der Waals surface area contributed by atoms with Gasteiger partial charge >= 0.3 is 0 Å². The van der Waals surface area contributed by atoms with Gasteiger partial charge in [0.05, 0.1) is 18.7 Å². The molecule has 0 fully saturated rings. The molecule has 0 amide bonds. The van der Waals surface area contributed by atoms with Gasteiger partial charge in [0.2, 0.25) is 0 Å². The highest BCUT2D eigenvalue weighted by molar-refractivity contribution is 9.10. The summed E-state index contributed by atoms with van der Waals surface area (Å²) in [7, 11) is 1.44. The van der Waals surface area contributed by atoms with Crippen LogP contribution >= 0.6 is 15.9 Å². The summed E-state index contributed by atoms with van der Waals surface area (Å²) in [5, 5.41) is 10.0. The van der Waals surface area contributed by atoms with E-state index in [9.17, 15) is 9.90 Å². The van der Waals surface area contributed by atoms with Crippen LogP contribution in [0, 0.1) is 0 Å². The van der Waals surface area contributed by atoms with Gasteiger partial charge in [0.1, 0.15) is 11.3 Å². The maximum absolute atomic E-state index is 12.2. The highest BCUT2D eigenvalue weighted by atomic mass is 79.9. The van der Waals surface area contributed by atoms with Crippen molar-refractivity contribution in [1.29, 1.82) is 0 Å². The Balaban J connectivity index is 2.21. The van der Waals surface area contributed by atoms with E-state index >= 15 is 0 Å². The second-order valence-electron chi connectivity index (χ2n) is 4.36. The van der Waals surface area contributed by atoms with Crippen molar-refractivity contribution in [1.82, 2.24) is 4.98 Å². The molecule has 21 heavy (non-hydrogen) atoms. The number of benzene rings is 1. The van der Waals surface area contributed by atoms with Crippen molar-refractivity contribution in [2.75, 3.05) is 7.11 Å². The Hall–Kier alpha value is -2.34. The zero-order chi connectivity index (χ0) is 15.0. The molecule has 1 N–H and O–H groups in total. The number of halogens is 1. The molecule has 1 aromatic carbocycles.